The lowest BCUT2D eigenvalue weighted by molar-refractivity contribution is 0.0690. The number of nitrogens with zero attached hydrogens (tertiary/aromatic N) is 2. The molecule has 1 aromatic rings. The Bertz CT molecular complexity index is 421. The fourth-order valence-electron chi connectivity index (χ4n) is 1.48. The Morgan fingerprint density at radius 2 is 2.00 bits per heavy atom. The van der Waals surface area contributed by atoms with E-state index >= 15 is 0 Å². The Hall–Kier alpha value is -1.10. The number of thiazole rings is 1. The van der Waals surface area contributed by atoms with Crippen LogP contribution in [0.5, 0.6) is 0 Å². The second-order valence-corrected chi connectivity index (χ2v) is 6.54. The molecule has 0 bridgehead atoms. The second-order valence-electron chi connectivity index (χ2n) is 5.36. The molecule has 1 heterocycles. The van der Waals surface area contributed by atoms with Gasteiger partial charge in [0.05, 0.1) is 0 Å². The molecule has 0 spiro atoms. The molecule has 1 rings (SSSR count). The zero-order valence-corrected chi connectivity index (χ0v) is 12.1. The number of hydrogen-bond acceptors (Lipinski definition) is 4. The smallest absolute Gasteiger partial charge is 0.355 e. The lowest BCUT2D eigenvalue weighted by atomic mass is 9.87. The first-order valence-electron chi connectivity index (χ1n) is 5.58. The molecule has 0 aliphatic rings. The number of aromatic carboxylic acids is 1. The molecule has 0 amide bonds. The molecule has 17 heavy (non-hydrogen) atoms. The molecule has 1 aromatic heterocycles. The van der Waals surface area contributed by atoms with Crippen molar-refractivity contribution in [3.8, 4) is 0 Å². The predicted molar refractivity (Wildman–Crippen MR) is 71.1 cm³/mol. The SMILES string of the molecule is Cc1sc(N(C)C(C)C(C)(C)C)nc1C(=O)O. The number of carboxylic acid groups (broad SMARTS) is 1. The maximum absolute atomic E-state index is 11.0. The fraction of sp³-hybridized carbons (Fsp3) is 0.667. The summed E-state index contributed by atoms with van der Waals surface area (Å²) in [5, 5.41) is 9.75. The normalized spacial score (nSPS) is 13.5. The summed E-state index contributed by atoms with van der Waals surface area (Å²) in [5.74, 6) is -0.957. The Kier molecular flexibility index (Phi) is 3.81. The molecule has 1 atom stereocenters. The van der Waals surface area contributed by atoms with Gasteiger partial charge in [0.15, 0.2) is 10.8 Å². The third-order valence-corrected chi connectivity index (χ3v) is 4.19. The minimum absolute atomic E-state index is 0.123. The van der Waals surface area contributed by atoms with Crippen molar-refractivity contribution in [2.24, 2.45) is 5.41 Å². The van der Waals surface area contributed by atoms with E-state index in [2.05, 4.69) is 32.7 Å². The van der Waals surface area contributed by atoms with Gasteiger partial charge in [-0.15, -0.1) is 11.3 Å². The molecule has 1 N–H and O–H groups in total. The summed E-state index contributed by atoms with van der Waals surface area (Å²) in [7, 11) is 1.96. The van der Waals surface area contributed by atoms with Crippen LogP contribution in [-0.2, 0) is 0 Å². The van der Waals surface area contributed by atoms with Gasteiger partial charge in [0.25, 0.3) is 0 Å². The van der Waals surface area contributed by atoms with E-state index < -0.39 is 5.97 Å². The van der Waals surface area contributed by atoms with Crippen LogP contribution >= 0.6 is 11.3 Å². The van der Waals surface area contributed by atoms with Crippen molar-refractivity contribution in [2.45, 2.75) is 40.7 Å². The van der Waals surface area contributed by atoms with Crippen LogP contribution in [0.4, 0.5) is 5.13 Å². The van der Waals surface area contributed by atoms with Crippen molar-refractivity contribution in [3.63, 3.8) is 0 Å². The number of rotatable bonds is 3. The van der Waals surface area contributed by atoms with Gasteiger partial charge in [-0.25, -0.2) is 9.78 Å². The van der Waals surface area contributed by atoms with E-state index in [0.717, 1.165) is 10.0 Å². The minimum atomic E-state index is -0.957. The van der Waals surface area contributed by atoms with Crippen LogP contribution in [-0.4, -0.2) is 29.1 Å². The van der Waals surface area contributed by atoms with Crippen LogP contribution in [0.25, 0.3) is 0 Å². The van der Waals surface area contributed by atoms with E-state index in [4.69, 9.17) is 5.11 Å². The molecule has 0 aliphatic carbocycles. The van der Waals surface area contributed by atoms with Gasteiger partial charge in [0.1, 0.15) is 0 Å². The predicted octanol–water partition coefficient (Wildman–Crippen LogP) is 3.02. The molecule has 0 aromatic carbocycles. The number of carboxylic acids is 1. The quantitative estimate of drug-likeness (QED) is 0.903. The summed E-state index contributed by atoms with van der Waals surface area (Å²) in [5.41, 5.74) is 0.288. The van der Waals surface area contributed by atoms with Gasteiger partial charge >= 0.3 is 5.97 Å². The molecule has 4 nitrogen and oxygen atoms in total. The summed E-state index contributed by atoms with van der Waals surface area (Å²) < 4.78 is 0. The molecule has 0 saturated heterocycles. The highest BCUT2D eigenvalue weighted by molar-refractivity contribution is 7.15. The van der Waals surface area contributed by atoms with E-state index in [9.17, 15) is 4.79 Å². The standard InChI is InChI=1S/C12H20N2O2S/c1-7-9(10(15)16)13-11(17-7)14(6)8(2)12(3,4)5/h8H,1-6H3,(H,15,16). The molecule has 96 valence electrons. The van der Waals surface area contributed by atoms with Crippen molar-refractivity contribution < 1.29 is 9.90 Å². The highest BCUT2D eigenvalue weighted by Gasteiger charge is 2.27. The Balaban J connectivity index is 3.02. The van der Waals surface area contributed by atoms with Crippen molar-refractivity contribution in [2.75, 3.05) is 11.9 Å². The number of anilines is 1. The average Bonchev–Trinajstić information content (AvgIpc) is 2.56. The van der Waals surface area contributed by atoms with E-state index in [-0.39, 0.29) is 17.2 Å². The van der Waals surface area contributed by atoms with E-state index in [1.807, 2.05) is 11.9 Å². The maximum atomic E-state index is 11.0. The lowest BCUT2D eigenvalue weighted by Gasteiger charge is -2.35. The van der Waals surface area contributed by atoms with E-state index in [1.165, 1.54) is 11.3 Å². The zero-order valence-electron chi connectivity index (χ0n) is 11.2. The topological polar surface area (TPSA) is 53.4 Å². The van der Waals surface area contributed by atoms with Gasteiger partial charge in [-0.05, 0) is 19.3 Å². The van der Waals surface area contributed by atoms with Gasteiger partial charge in [0.2, 0.25) is 0 Å². The van der Waals surface area contributed by atoms with Crippen LogP contribution in [0.15, 0.2) is 0 Å². The van der Waals surface area contributed by atoms with Crippen LogP contribution in [0.1, 0.15) is 43.1 Å². The minimum Gasteiger partial charge on any atom is -0.476 e. The summed E-state index contributed by atoms with van der Waals surface area (Å²) in [6.45, 7) is 10.4. The fourth-order valence-corrected chi connectivity index (χ4v) is 2.42. The zero-order chi connectivity index (χ0) is 13.4. The third-order valence-electron chi connectivity index (χ3n) is 3.12. The van der Waals surface area contributed by atoms with Gasteiger partial charge in [-0.1, -0.05) is 20.8 Å². The monoisotopic (exact) mass is 256 g/mol. The largest absolute Gasteiger partial charge is 0.476 e. The molecular weight excluding hydrogens is 236 g/mol. The summed E-state index contributed by atoms with van der Waals surface area (Å²) in [6.07, 6.45) is 0. The second kappa shape index (κ2) is 4.64. The van der Waals surface area contributed by atoms with E-state index in [1.54, 1.807) is 6.92 Å². The summed E-state index contributed by atoms with van der Waals surface area (Å²) in [4.78, 5) is 17.9. The highest BCUT2D eigenvalue weighted by atomic mass is 32.1. The number of aromatic nitrogens is 1. The van der Waals surface area contributed by atoms with Crippen molar-refractivity contribution >= 4 is 22.4 Å². The molecule has 0 saturated carbocycles. The lowest BCUT2D eigenvalue weighted by Crippen LogP contribution is -2.39. The summed E-state index contributed by atoms with van der Waals surface area (Å²) in [6, 6.07) is 0.287. The summed E-state index contributed by atoms with van der Waals surface area (Å²) >= 11 is 1.43. The van der Waals surface area contributed by atoms with Crippen LogP contribution in [0.3, 0.4) is 0 Å². The number of carbonyl (C=O) groups is 1. The van der Waals surface area contributed by atoms with Gasteiger partial charge < -0.3 is 10.0 Å². The van der Waals surface area contributed by atoms with Gasteiger partial charge in [0, 0.05) is 18.0 Å². The Morgan fingerprint density at radius 3 is 2.35 bits per heavy atom. The first-order chi connectivity index (χ1) is 7.64. The van der Waals surface area contributed by atoms with E-state index in [0.29, 0.717) is 0 Å². The van der Waals surface area contributed by atoms with Gasteiger partial charge in [-0.2, -0.15) is 0 Å². The molecule has 0 radical (unpaired) electrons. The number of aryl methyl sites for hydroxylation is 1. The molecule has 1 unspecified atom stereocenters. The highest BCUT2D eigenvalue weighted by Crippen LogP contribution is 2.31. The third kappa shape index (κ3) is 2.97. The Morgan fingerprint density at radius 1 is 1.47 bits per heavy atom. The average molecular weight is 256 g/mol. The first kappa shape index (κ1) is 14.0. The van der Waals surface area contributed by atoms with Crippen LogP contribution in [0, 0.1) is 12.3 Å². The van der Waals surface area contributed by atoms with Crippen LogP contribution < -0.4 is 4.90 Å². The van der Waals surface area contributed by atoms with Crippen molar-refractivity contribution in [1.82, 2.24) is 4.98 Å². The number of hydrogen-bond donors (Lipinski definition) is 1. The van der Waals surface area contributed by atoms with Gasteiger partial charge in [-0.3, -0.25) is 0 Å². The Labute approximate surface area is 106 Å². The molecule has 5 heteroatoms. The molecule has 0 fully saturated rings. The van der Waals surface area contributed by atoms with Crippen LogP contribution in [0.2, 0.25) is 0 Å². The van der Waals surface area contributed by atoms with Crippen molar-refractivity contribution in [1.29, 1.82) is 0 Å². The van der Waals surface area contributed by atoms with Crippen molar-refractivity contribution in [3.05, 3.63) is 10.6 Å². The first-order valence-corrected chi connectivity index (χ1v) is 6.39. The molecular formula is C12H20N2O2S. The molecule has 0 aliphatic heterocycles. The maximum Gasteiger partial charge on any atom is 0.355 e.